The molecule has 1 aliphatic heterocycles. The van der Waals surface area contributed by atoms with Crippen LogP contribution in [0.3, 0.4) is 0 Å². The average Bonchev–Trinajstić information content (AvgIpc) is 2.74. The molecule has 1 aliphatic rings. The molecule has 1 saturated heterocycles. The number of fused-ring (bicyclic) bond motifs is 1. The third kappa shape index (κ3) is 3.66. The zero-order valence-corrected chi connectivity index (χ0v) is 16.2. The molecule has 1 fully saturated rings. The highest BCUT2D eigenvalue weighted by atomic mass is 16.7. The van der Waals surface area contributed by atoms with Gasteiger partial charge < -0.3 is 44.5 Å². The van der Waals surface area contributed by atoms with Crippen LogP contribution < -0.4 is 10.2 Å². The van der Waals surface area contributed by atoms with Crippen molar-refractivity contribution in [2.75, 3.05) is 0 Å². The molecule has 0 saturated carbocycles. The lowest BCUT2D eigenvalue weighted by Crippen LogP contribution is -2.58. The Kier molecular flexibility index (Phi) is 5.23. The van der Waals surface area contributed by atoms with Crippen LogP contribution in [-0.2, 0) is 4.74 Å². The maximum atomic E-state index is 12.5. The smallest absolute Gasteiger partial charge is 0.229 e. The van der Waals surface area contributed by atoms with Crippen molar-refractivity contribution >= 4 is 11.0 Å². The lowest BCUT2D eigenvalue weighted by atomic mass is 10.00. The summed E-state index contributed by atoms with van der Waals surface area (Å²) in [7, 11) is 0. The van der Waals surface area contributed by atoms with Crippen molar-refractivity contribution < 1.29 is 44.5 Å². The largest absolute Gasteiger partial charge is 0.508 e. The molecule has 1 aromatic heterocycles. The molecule has 0 radical (unpaired) electrons. The molecule has 2 aromatic carbocycles. The van der Waals surface area contributed by atoms with Gasteiger partial charge in [0.25, 0.3) is 0 Å². The zero-order valence-electron chi connectivity index (χ0n) is 16.2. The topological polar surface area (TPSA) is 170 Å². The minimum atomic E-state index is -1.65. The second-order valence-corrected chi connectivity index (χ2v) is 7.27. The van der Waals surface area contributed by atoms with E-state index in [2.05, 4.69) is 0 Å². The predicted octanol–water partition coefficient (Wildman–Crippen LogP) is 0.783. The lowest BCUT2D eigenvalue weighted by Gasteiger charge is -2.38. The van der Waals surface area contributed by atoms with Gasteiger partial charge in [0.15, 0.2) is 16.9 Å². The van der Waals surface area contributed by atoms with Gasteiger partial charge in [-0.2, -0.15) is 0 Å². The molecular formula is C21H20O10. The number of ether oxygens (including phenoxy) is 2. The van der Waals surface area contributed by atoms with Gasteiger partial charge in [-0.1, -0.05) is 0 Å². The highest BCUT2D eigenvalue weighted by molar-refractivity contribution is 5.89. The summed E-state index contributed by atoms with van der Waals surface area (Å²) in [5.41, 5.74) is -0.284. The van der Waals surface area contributed by atoms with Gasteiger partial charge in [-0.3, -0.25) is 4.79 Å². The first-order valence-corrected chi connectivity index (χ1v) is 9.36. The van der Waals surface area contributed by atoms with Crippen LogP contribution in [0.15, 0.2) is 45.6 Å². The minimum absolute atomic E-state index is 0.0257. The van der Waals surface area contributed by atoms with Crippen LogP contribution in [0.4, 0.5) is 0 Å². The molecule has 2 heterocycles. The third-order valence-corrected chi connectivity index (χ3v) is 5.13. The van der Waals surface area contributed by atoms with Crippen molar-refractivity contribution in [1.82, 2.24) is 0 Å². The highest BCUT2D eigenvalue weighted by Gasteiger charge is 2.43. The van der Waals surface area contributed by atoms with Gasteiger partial charge in [0, 0.05) is 17.7 Å². The summed E-state index contributed by atoms with van der Waals surface area (Å²) in [5, 5.41) is 59.6. The van der Waals surface area contributed by atoms with Gasteiger partial charge >= 0.3 is 0 Å². The molecule has 10 nitrogen and oxygen atoms in total. The number of aliphatic hydroxyl groups is 3. The molecule has 31 heavy (non-hydrogen) atoms. The monoisotopic (exact) mass is 432 g/mol. The maximum absolute atomic E-state index is 12.5. The standard InChI is InChI=1S/C21H20O10/c1-8-16(24)19(27)20(28)21(29-8)31-14-7-13-15(18(26)17(14)25)11(23)6-12(30-13)9-2-4-10(22)5-3-9/h2-8,16,19-22,24-28H,1H3/t8-,16+,19-,20-,21+/m1/s1. The number of phenolic OH excluding ortho intramolecular Hbond substituents is 3. The summed E-state index contributed by atoms with van der Waals surface area (Å²) in [5.74, 6) is -1.80. The number of benzene rings is 2. The number of aromatic hydroxyl groups is 3. The molecule has 0 unspecified atom stereocenters. The van der Waals surface area contributed by atoms with E-state index in [0.717, 1.165) is 12.1 Å². The van der Waals surface area contributed by atoms with E-state index in [1.165, 1.54) is 31.2 Å². The number of aliphatic hydroxyl groups excluding tert-OH is 3. The van der Waals surface area contributed by atoms with E-state index in [0.29, 0.717) is 5.56 Å². The second-order valence-electron chi connectivity index (χ2n) is 7.27. The van der Waals surface area contributed by atoms with E-state index >= 15 is 0 Å². The third-order valence-electron chi connectivity index (χ3n) is 5.13. The summed E-state index contributed by atoms with van der Waals surface area (Å²) < 4.78 is 16.5. The van der Waals surface area contributed by atoms with Crippen LogP contribution in [0.2, 0.25) is 0 Å². The molecule has 0 aliphatic carbocycles. The summed E-state index contributed by atoms with van der Waals surface area (Å²) in [6.07, 6.45) is -6.94. The Morgan fingerprint density at radius 3 is 2.26 bits per heavy atom. The van der Waals surface area contributed by atoms with Gasteiger partial charge in [-0.15, -0.1) is 0 Å². The second kappa shape index (κ2) is 7.75. The Balaban J connectivity index is 1.77. The first-order chi connectivity index (χ1) is 14.7. The number of hydrogen-bond donors (Lipinski definition) is 6. The van der Waals surface area contributed by atoms with Crippen molar-refractivity contribution in [3.8, 4) is 34.3 Å². The van der Waals surface area contributed by atoms with E-state index in [9.17, 15) is 35.4 Å². The molecule has 0 bridgehead atoms. The fourth-order valence-corrected chi connectivity index (χ4v) is 3.36. The predicted molar refractivity (Wildman–Crippen MR) is 106 cm³/mol. The molecular weight excluding hydrogens is 412 g/mol. The van der Waals surface area contributed by atoms with Crippen LogP contribution in [0, 0.1) is 0 Å². The van der Waals surface area contributed by atoms with Crippen molar-refractivity contribution in [2.45, 2.75) is 37.6 Å². The van der Waals surface area contributed by atoms with Gasteiger partial charge in [0.1, 0.15) is 40.8 Å². The van der Waals surface area contributed by atoms with E-state index in [-0.39, 0.29) is 28.2 Å². The quantitative estimate of drug-likeness (QED) is 0.325. The van der Waals surface area contributed by atoms with Crippen molar-refractivity contribution in [3.05, 3.63) is 46.6 Å². The molecule has 6 N–H and O–H groups in total. The minimum Gasteiger partial charge on any atom is -0.508 e. The van der Waals surface area contributed by atoms with Crippen molar-refractivity contribution in [2.24, 2.45) is 0 Å². The molecule has 0 spiro atoms. The molecule has 4 rings (SSSR count). The SMILES string of the molecule is C[C@H]1O[C@@H](Oc2cc3oc(-c4ccc(O)cc4)cc(=O)c3c(O)c2O)[C@H](O)[C@H](O)[C@H]1O. The fraction of sp³-hybridized carbons (Fsp3) is 0.286. The van der Waals surface area contributed by atoms with Crippen LogP contribution in [0.1, 0.15) is 6.92 Å². The summed E-state index contributed by atoms with van der Waals surface area (Å²) in [6.45, 7) is 1.46. The Hall–Kier alpha value is -3.31. The number of hydrogen-bond acceptors (Lipinski definition) is 10. The van der Waals surface area contributed by atoms with Gasteiger partial charge in [0.05, 0.1) is 6.10 Å². The fourth-order valence-electron chi connectivity index (χ4n) is 3.36. The normalized spacial score (nSPS) is 26.1. The van der Waals surface area contributed by atoms with Crippen molar-refractivity contribution in [1.29, 1.82) is 0 Å². The van der Waals surface area contributed by atoms with Crippen molar-refractivity contribution in [3.63, 3.8) is 0 Å². The van der Waals surface area contributed by atoms with Gasteiger partial charge in [-0.25, -0.2) is 0 Å². The summed E-state index contributed by atoms with van der Waals surface area (Å²) in [6, 6.07) is 8.13. The Morgan fingerprint density at radius 2 is 1.58 bits per heavy atom. The average molecular weight is 432 g/mol. The van der Waals surface area contributed by atoms with E-state index in [1.807, 2.05) is 0 Å². The molecule has 5 atom stereocenters. The molecule has 164 valence electrons. The summed E-state index contributed by atoms with van der Waals surface area (Å²) >= 11 is 0. The first kappa shape index (κ1) is 20.9. The van der Waals surface area contributed by atoms with Gasteiger partial charge in [0.2, 0.25) is 12.0 Å². The maximum Gasteiger partial charge on any atom is 0.229 e. The highest BCUT2D eigenvalue weighted by Crippen LogP contribution is 2.42. The number of rotatable bonds is 3. The van der Waals surface area contributed by atoms with Crippen LogP contribution in [-0.4, -0.2) is 61.3 Å². The van der Waals surface area contributed by atoms with Crippen LogP contribution >= 0.6 is 0 Å². The number of phenols is 3. The van der Waals surface area contributed by atoms with E-state index in [1.54, 1.807) is 0 Å². The van der Waals surface area contributed by atoms with Gasteiger partial charge in [-0.05, 0) is 31.2 Å². The van der Waals surface area contributed by atoms with Crippen LogP contribution in [0.5, 0.6) is 23.0 Å². The van der Waals surface area contributed by atoms with E-state index < -0.39 is 47.6 Å². The Bertz CT molecular complexity index is 1170. The Morgan fingerprint density at radius 1 is 0.903 bits per heavy atom. The summed E-state index contributed by atoms with van der Waals surface area (Å²) in [4.78, 5) is 12.5. The molecule has 10 heteroatoms. The zero-order chi connectivity index (χ0) is 22.4. The first-order valence-electron chi connectivity index (χ1n) is 9.36. The Labute approximate surface area is 174 Å². The van der Waals surface area contributed by atoms with E-state index in [4.69, 9.17) is 13.9 Å². The van der Waals surface area contributed by atoms with Crippen LogP contribution in [0.25, 0.3) is 22.3 Å². The lowest BCUT2D eigenvalue weighted by molar-refractivity contribution is -0.268. The molecule has 3 aromatic rings. The molecule has 0 amide bonds.